The lowest BCUT2D eigenvalue weighted by Gasteiger charge is -2.01. The Kier molecular flexibility index (Phi) is 2.28. The second kappa shape index (κ2) is 3.21. The molecule has 0 unspecified atom stereocenters. The first-order valence-corrected chi connectivity index (χ1v) is 3.35. The van der Waals surface area contributed by atoms with E-state index in [0.717, 1.165) is 6.07 Å². The van der Waals surface area contributed by atoms with Crippen molar-refractivity contribution in [1.29, 1.82) is 0 Å². The van der Waals surface area contributed by atoms with Gasteiger partial charge in [0.2, 0.25) is 0 Å². The van der Waals surface area contributed by atoms with Crippen molar-refractivity contribution in [1.82, 2.24) is 0 Å². The maximum absolute atomic E-state index is 12.9. The molecule has 0 aromatic heterocycles. The summed E-state index contributed by atoms with van der Waals surface area (Å²) < 4.78 is 12.9. The number of carboxylic acids is 1. The van der Waals surface area contributed by atoms with E-state index in [-0.39, 0.29) is 5.56 Å². The molecule has 0 radical (unpaired) electrons. The van der Waals surface area contributed by atoms with Crippen molar-refractivity contribution >= 4 is 11.7 Å². The van der Waals surface area contributed by atoms with E-state index in [1.807, 2.05) is 0 Å². The molecule has 1 aromatic carbocycles. The molecule has 12 heavy (non-hydrogen) atoms. The Hall–Kier alpha value is -1.58. The van der Waals surface area contributed by atoms with Gasteiger partial charge in [-0.05, 0) is 18.2 Å². The molecule has 0 fully saturated rings. The SMILES string of the molecule is CNc1ccc(C(=O)O)c(F)c1. The van der Waals surface area contributed by atoms with E-state index in [1.165, 1.54) is 12.1 Å². The number of benzene rings is 1. The lowest BCUT2D eigenvalue weighted by Crippen LogP contribution is -2.01. The number of halogens is 1. The van der Waals surface area contributed by atoms with E-state index in [0.29, 0.717) is 5.69 Å². The zero-order valence-electron chi connectivity index (χ0n) is 6.47. The van der Waals surface area contributed by atoms with Gasteiger partial charge in [0, 0.05) is 12.7 Å². The summed E-state index contributed by atoms with van der Waals surface area (Å²) in [7, 11) is 1.63. The van der Waals surface area contributed by atoms with Crippen LogP contribution in [0.25, 0.3) is 0 Å². The zero-order chi connectivity index (χ0) is 9.14. The number of rotatable bonds is 2. The van der Waals surface area contributed by atoms with Crippen LogP contribution in [0, 0.1) is 5.82 Å². The number of aromatic carboxylic acids is 1. The molecule has 0 aliphatic heterocycles. The van der Waals surface area contributed by atoms with E-state index in [2.05, 4.69) is 5.32 Å². The highest BCUT2D eigenvalue weighted by Gasteiger charge is 2.09. The summed E-state index contributed by atoms with van der Waals surface area (Å²) in [4.78, 5) is 10.4. The van der Waals surface area contributed by atoms with Gasteiger partial charge in [-0.3, -0.25) is 0 Å². The van der Waals surface area contributed by atoms with Crippen LogP contribution in [0.3, 0.4) is 0 Å². The first kappa shape index (κ1) is 8.52. The van der Waals surface area contributed by atoms with E-state index in [9.17, 15) is 9.18 Å². The van der Waals surface area contributed by atoms with Crippen molar-refractivity contribution in [2.45, 2.75) is 0 Å². The third kappa shape index (κ3) is 1.53. The molecule has 64 valence electrons. The summed E-state index contributed by atoms with van der Waals surface area (Å²) in [5, 5.41) is 11.2. The molecule has 1 aromatic rings. The molecule has 0 spiro atoms. The Bertz CT molecular complexity index is 312. The van der Waals surface area contributed by atoms with Gasteiger partial charge in [0.1, 0.15) is 5.82 Å². The topological polar surface area (TPSA) is 49.3 Å². The van der Waals surface area contributed by atoms with Gasteiger partial charge in [0.15, 0.2) is 0 Å². The van der Waals surface area contributed by atoms with Crippen LogP contribution in [-0.2, 0) is 0 Å². The van der Waals surface area contributed by atoms with Gasteiger partial charge in [0.05, 0.1) is 5.56 Å². The molecule has 0 heterocycles. The van der Waals surface area contributed by atoms with E-state index >= 15 is 0 Å². The summed E-state index contributed by atoms with van der Waals surface area (Å²) in [6.07, 6.45) is 0. The molecule has 0 aliphatic rings. The molecule has 4 heteroatoms. The van der Waals surface area contributed by atoms with Crippen molar-refractivity contribution in [3.63, 3.8) is 0 Å². The van der Waals surface area contributed by atoms with Crippen molar-refractivity contribution in [2.75, 3.05) is 12.4 Å². The third-order valence-electron chi connectivity index (χ3n) is 1.49. The largest absolute Gasteiger partial charge is 0.478 e. The Balaban J connectivity index is 3.12. The fourth-order valence-corrected chi connectivity index (χ4v) is 0.844. The first-order chi connectivity index (χ1) is 5.65. The van der Waals surface area contributed by atoms with E-state index in [1.54, 1.807) is 7.05 Å². The molecule has 0 saturated carbocycles. The fourth-order valence-electron chi connectivity index (χ4n) is 0.844. The van der Waals surface area contributed by atoms with Crippen LogP contribution in [0.15, 0.2) is 18.2 Å². The average Bonchev–Trinajstić information content (AvgIpc) is 2.03. The molecule has 2 N–H and O–H groups in total. The number of nitrogens with one attached hydrogen (secondary N) is 1. The monoisotopic (exact) mass is 169 g/mol. The molecular weight excluding hydrogens is 161 g/mol. The minimum Gasteiger partial charge on any atom is -0.478 e. The van der Waals surface area contributed by atoms with Crippen molar-refractivity contribution in [2.24, 2.45) is 0 Å². The number of hydrogen-bond donors (Lipinski definition) is 2. The van der Waals surface area contributed by atoms with Crippen molar-refractivity contribution < 1.29 is 14.3 Å². The van der Waals surface area contributed by atoms with Gasteiger partial charge in [-0.1, -0.05) is 0 Å². The van der Waals surface area contributed by atoms with E-state index in [4.69, 9.17) is 5.11 Å². The van der Waals surface area contributed by atoms with Crippen LogP contribution < -0.4 is 5.32 Å². The van der Waals surface area contributed by atoms with Gasteiger partial charge in [0.25, 0.3) is 0 Å². The predicted molar refractivity (Wildman–Crippen MR) is 42.9 cm³/mol. The summed E-state index contributed by atoms with van der Waals surface area (Å²) in [6, 6.07) is 3.87. The number of carbonyl (C=O) groups is 1. The zero-order valence-corrected chi connectivity index (χ0v) is 6.47. The summed E-state index contributed by atoms with van der Waals surface area (Å²) in [6.45, 7) is 0. The maximum atomic E-state index is 12.9. The second-order valence-electron chi connectivity index (χ2n) is 2.25. The number of anilines is 1. The number of carboxylic acid groups (broad SMARTS) is 1. The standard InChI is InChI=1S/C8H8FNO2/c1-10-5-2-3-6(8(11)12)7(9)4-5/h2-4,10H,1H3,(H,11,12). The lowest BCUT2D eigenvalue weighted by atomic mass is 10.2. The van der Waals surface area contributed by atoms with Gasteiger partial charge < -0.3 is 10.4 Å². The van der Waals surface area contributed by atoms with Gasteiger partial charge in [-0.25, -0.2) is 9.18 Å². The highest BCUT2D eigenvalue weighted by atomic mass is 19.1. The molecule has 3 nitrogen and oxygen atoms in total. The molecule has 0 saturated heterocycles. The fraction of sp³-hybridized carbons (Fsp3) is 0.125. The van der Waals surface area contributed by atoms with Crippen LogP contribution >= 0.6 is 0 Å². The summed E-state index contributed by atoms with van der Waals surface area (Å²) in [5.41, 5.74) is 0.242. The van der Waals surface area contributed by atoms with Gasteiger partial charge >= 0.3 is 5.97 Å². The van der Waals surface area contributed by atoms with E-state index < -0.39 is 11.8 Å². The maximum Gasteiger partial charge on any atom is 0.338 e. The minimum atomic E-state index is -1.25. The average molecular weight is 169 g/mol. The van der Waals surface area contributed by atoms with Crippen molar-refractivity contribution in [3.8, 4) is 0 Å². The summed E-state index contributed by atoms with van der Waals surface area (Å²) in [5.74, 6) is -1.98. The Morgan fingerprint density at radius 1 is 1.58 bits per heavy atom. The third-order valence-corrected chi connectivity index (χ3v) is 1.49. The first-order valence-electron chi connectivity index (χ1n) is 3.35. The molecule has 0 bridgehead atoms. The second-order valence-corrected chi connectivity index (χ2v) is 2.25. The Morgan fingerprint density at radius 3 is 2.67 bits per heavy atom. The van der Waals surface area contributed by atoms with Gasteiger partial charge in [-0.15, -0.1) is 0 Å². The number of hydrogen-bond acceptors (Lipinski definition) is 2. The quantitative estimate of drug-likeness (QED) is 0.706. The van der Waals surface area contributed by atoms with Crippen LogP contribution in [0.4, 0.5) is 10.1 Å². The highest BCUT2D eigenvalue weighted by molar-refractivity contribution is 5.88. The Morgan fingerprint density at radius 2 is 2.25 bits per heavy atom. The predicted octanol–water partition coefficient (Wildman–Crippen LogP) is 1.57. The highest BCUT2D eigenvalue weighted by Crippen LogP contribution is 2.13. The molecular formula is C8H8FNO2. The molecule has 0 atom stereocenters. The summed E-state index contributed by atoms with van der Waals surface area (Å²) >= 11 is 0. The lowest BCUT2D eigenvalue weighted by molar-refractivity contribution is 0.0692. The molecule has 1 rings (SSSR count). The minimum absolute atomic E-state index is 0.311. The normalized spacial score (nSPS) is 9.50. The Labute approximate surface area is 68.8 Å². The van der Waals surface area contributed by atoms with Gasteiger partial charge in [-0.2, -0.15) is 0 Å². The van der Waals surface area contributed by atoms with Crippen molar-refractivity contribution in [3.05, 3.63) is 29.6 Å². The smallest absolute Gasteiger partial charge is 0.338 e. The molecule has 0 amide bonds. The van der Waals surface area contributed by atoms with Crippen LogP contribution in [0.5, 0.6) is 0 Å². The molecule has 0 aliphatic carbocycles. The van der Waals surface area contributed by atoms with Crippen LogP contribution in [0.1, 0.15) is 10.4 Å². The van der Waals surface area contributed by atoms with Crippen LogP contribution in [0.2, 0.25) is 0 Å². The van der Waals surface area contributed by atoms with Crippen LogP contribution in [-0.4, -0.2) is 18.1 Å².